The summed E-state index contributed by atoms with van der Waals surface area (Å²) in [7, 11) is -3.54. The minimum absolute atomic E-state index is 0.222. The van der Waals surface area contributed by atoms with Crippen molar-refractivity contribution in [2.45, 2.75) is 64.2 Å². The van der Waals surface area contributed by atoms with E-state index >= 15 is 0 Å². The van der Waals surface area contributed by atoms with Crippen molar-refractivity contribution in [2.24, 2.45) is 0 Å². The van der Waals surface area contributed by atoms with E-state index in [0.29, 0.717) is 5.56 Å². The lowest BCUT2D eigenvalue weighted by atomic mass is 10.2. The van der Waals surface area contributed by atoms with Crippen molar-refractivity contribution in [1.82, 2.24) is 0 Å². The Morgan fingerprint density at radius 2 is 1.48 bits per heavy atom. The van der Waals surface area contributed by atoms with Crippen LogP contribution in [0, 0.1) is 6.92 Å². The topological polar surface area (TPSA) is 52.6 Å². The van der Waals surface area contributed by atoms with Gasteiger partial charge in [0, 0.05) is 13.2 Å². The van der Waals surface area contributed by atoms with E-state index in [0.717, 1.165) is 13.2 Å². The van der Waals surface area contributed by atoms with Crippen molar-refractivity contribution in [3.8, 4) is 0 Å². The first kappa shape index (κ1) is 22.8. The Balaban J connectivity index is 0.000000423. The summed E-state index contributed by atoms with van der Waals surface area (Å²) >= 11 is 1.36. The number of halogens is 1. The zero-order chi connectivity index (χ0) is 17.6. The van der Waals surface area contributed by atoms with E-state index in [1.165, 1.54) is 67.6 Å². The van der Waals surface area contributed by atoms with Gasteiger partial charge in [-0.15, -0.1) is 0 Å². The molecule has 0 spiro atoms. The summed E-state index contributed by atoms with van der Waals surface area (Å²) in [6.45, 7) is 8.10. The first-order chi connectivity index (χ1) is 11.0. The average Bonchev–Trinajstić information content (AvgIpc) is 2.55. The van der Waals surface area contributed by atoms with Crippen molar-refractivity contribution < 1.29 is 15.7 Å². The predicted molar refractivity (Wildman–Crippen MR) is 103 cm³/mol. The minimum Gasteiger partial charge on any atom is -0.381 e. The van der Waals surface area contributed by atoms with Crippen LogP contribution in [-0.2, 0) is 17.4 Å². The second-order valence-electron chi connectivity index (χ2n) is 5.31. The Morgan fingerprint density at radius 1 is 0.957 bits per heavy atom. The maximum Gasteiger partial charge on any atom is 0.306 e. The molecule has 0 aliphatic rings. The van der Waals surface area contributed by atoms with Gasteiger partial charge >= 0.3 is 10.1 Å². The molecule has 0 heterocycles. The molecule has 0 N–H and O–H groups in total. The van der Waals surface area contributed by atoms with Gasteiger partial charge in [0.05, 0.1) is 4.90 Å². The fourth-order valence-electron chi connectivity index (χ4n) is 1.88. The second-order valence-corrected chi connectivity index (χ2v) is 7.86. The molecule has 0 aliphatic heterocycles. The van der Waals surface area contributed by atoms with Crippen molar-refractivity contribution in [1.29, 1.82) is 0 Å². The van der Waals surface area contributed by atoms with Gasteiger partial charge in [-0.1, -0.05) is 57.7 Å². The number of aryl methyl sites for hydroxylation is 1. The van der Waals surface area contributed by atoms with Crippen LogP contribution in [0.5, 0.6) is 0 Å². The van der Waals surface area contributed by atoms with Crippen LogP contribution < -0.4 is 0 Å². The molecule has 6 heteroatoms. The molecule has 0 atom stereocenters. The number of ether oxygens (including phenoxy) is 1. The first-order valence-electron chi connectivity index (χ1n) is 8.18. The van der Waals surface area contributed by atoms with E-state index in [1.807, 2.05) is 0 Å². The van der Waals surface area contributed by atoms with Crippen LogP contribution in [0.1, 0.15) is 57.9 Å². The normalized spacial score (nSPS) is 11.0. The van der Waals surface area contributed by atoms with E-state index in [2.05, 4.69) is 16.4 Å². The van der Waals surface area contributed by atoms with Gasteiger partial charge in [0.15, 0.2) is 0 Å². The molecule has 0 saturated carbocycles. The third-order valence-corrected chi connectivity index (χ3v) is 5.81. The molecule has 0 amide bonds. The van der Waals surface area contributed by atoms with Crippen LogP contribution >= 0.6 is 23.0 Å². The first-order valence-corrected chi connectivity index (χ1v) is 10.5. The van der Waals surface area contributed by atoms with E-state index in [4.69, 9.17) is 4.74 Å². The van der Waals surface area contributed by atoms with E-state index in [1.54, 1.807) is 25.1 Å². The highest BCUT2D eigenvalue weighted by Gasteiger charge is 2.15. The Morgan fingerprint density at radius 3 is 1.91 bits per heavy atom. The number of rotatable bonds is 10. The molecular weight excluding hydrogens is 427 g/mol. The van der Waals surface area contributed by atoms with Crippen LogP contribution in [0.3, 0.4) is 0 Å². The van der Waals surface area contributed by atoms with Crippen LogP contribution in [0.15, 0.2) is 29.2 Å². The second kappa shape index (κ2) is 14.2. The van der Waals surface area contributed by atoms with Gasteiger partial charge < -0.3 is 4.74 Å². The van der Waals surface area contributed by atoms with Crippen LogP contribution in [0.25, 0.3) is 0 Å². The van der Waals surface area contributed by atoms with Gasteiger partial charge in [0.25, 0.3) is 0 Å². The Bertz CT molecular complexity index is 495. The van der Waals surface area contributed by atoms with Gasteiger partial charge in [-0.3, -0.25) is 0 Å². The molecule has 1 rings (SSSR count). The molecular formula is C17H29IO4S. The number of unbranched alkanes of at least 4 members (excludes halogenated alkanes) is 4. The molecule has 0 unspecified atom stereocenters. The molecule has 23 heavy (non-hydrogen) atoms. The molecule has 0 radical (unpaired) electrons. The standard InChI is InChI=1S/C10H22O.C7H7IO3S/c1-3-5-7-9-11-10-8-6-4-2;1-6-4-2-3-5-7(6)12(9,10)11-8/h3-10H2,1-2H3;2-5H,1H3. The lowest BCUT2D eigenvalue weighted by molar-refractivity contribution is 0.126. The van der Waals surface area contributed by atoms with E-state index < -0.39 is 10.1 Å². The minimum atomic E-state index is -3.54. The molecule has 0 fully saturated rings. The number of benzene rings is 1. The lowest BCUT2D eigenvalue weighted by Gasteiger charge is -2.01. The SMILES string of the molecule is CCCCCOCCCCC.Cc1ccccc1S(=O)(=O)OI. The zero-order valence-corrected chi connectivity index (χ0v) is 17.4. The predicted octanol–water partition coefficient (Wildman–Crippen LogP) is 5.43. The van der Waals surface area contributed by atoms with Gasteiger partial charge in [0.1, 0.15) is 23.0 Å². The average molecular weight is 456 g/mol. The zero-order valence-electron chi connectivity index (χ0n) is 14.4. The highest BCUT2D eigenvalue weighted by molar-refractivity contribution is 14.1. The highest BCUT2D eigenvalue weighted by atomic mass is 127. The summed E-state index contributed by atoms with van der Waals surface area (Å²) < 4.78 is 32.2. The van der Waals surface area contributed by atoms with Gasteiger partial charge in [0.2, 0.25) is 0 Å². The summed E-state index contributed by atoms with van der Waals surface area (Å²) in [5, 5.41) is 0. The molecule has 0 aliphatic carbocycles. The van der Waals surface area contributed by atoms with Crippen LogP contribution in [0.4, 0.5) is 0 Å². The van der Waals surface area contributed by atoms with Crippen LogP contribution in [-0.4, -0.2) is 21.6 Å². The highest BCUT2D eigenvalue weighted by Crippen LogP contribution is 2.18. The lowest BCUT2D eigenvalue weighted by Crippen LogP contribution is -2.01. The summed E-state index contributed by atoms with van der Waals surface area (Å²) in [6.07, 6.45) is 7.68. The summed E-state index contributed by atoms with van der Waals surface area (Å²) in [5.74, 6) is 0. The Kier molecular flexibility index (Phi) is 14.1. The monoisotopic (exact) mass is 456 g/mol. The van der Waals surface area contributed by atoms with Gasteiger partial charge in [-0.2, -0.15) is 10.9 Å². The largest absolute Gasteiger partial charge is 0.381 e. The van der Waals surface area contributed by atoms with Crippen molar-refractivity contribution >= 4 is 33.1 Å². The summed E-state index contributed by atoms with van der Waals surface area (Å²) in [5.41, 5.74) is 0.689. The number of hydrogen-bond acceptors (Lipinski definition) is 4. The molecule has 0 aromatic heterocycles. The molecule has 0 bridgehead atoms. The van der Waals surface area contributed by atoms with Gasteiger partial charge in [-0.05, 0) is 31.4 Å². The summed E-state index contributed by atoms with van der Waals surface area (Å²) in [4.78, 5) is 0.222. The molecule has 1 aromatic carbocycles. The number of hydrogen-bond donors (Lipinski definition) is 0. The van der Waals surface area contributed by atoms with E-state index in [-0.39, 0.29) is 4.90 Å². The Labute approximate surface area is 155 Å². The fourth-order valence-corrected chi connectivity index (χ4v) is 3.24. The quantitative estimate of drug-likeness (QED) is 0.348. The maximum absolute atomic E-state index is 11.2. The maximum atomic E-state index is 11.2. The third kappa shape index (κ3) is 11.1. The molecule has 0 saturated heterocycles. The van der Waals surface area contributed by atoms with Gasteiger partial charge in [-0.25, -0.2) is 0 Å². The van der Waals surface area contributed by atoms with Crippen molar-refractivity contribution in [2.75, 3.05) is 13.2 Å². The van der Waals surface area contributed by atoms with Crippen molar-refractivity contribution in [3.63, 3.8) is 0 Å². The fraction of sp³-hybridized carbons (Fsp3) is 0.647. The molecule has 4 nitrogen and oxygen atoms in total. The van der Waals surface area contributed by atoms with Crippen molar-refractivity contribution in [3.05, 3.63) is 29.8 Å². The third-order valence-electron chi connectivity index (χ3n) is 3.23. The molecule has 134 valence electrons. The molecule has 1 aromatic rings. The Hall–Kier alpha value is -0.180. The summed E-state index contributed by atoms with van der Waals surface area (Å²) in [6, 6.07) is 6.68. The van der Waals surface area contributed by atoms with E-state index in [9.17, 15) is 8.42 Å². The van der Waals surface area contributed by atoms with Crippen LogP contribution in [0.2, 0.25) is 0 Å². The smallest absolute Gasteiger partial charge is 0.306 e.